The van der Waals surface area contributed by atoms with Gasteiger partial charge in [-0.2, -0.15) is 0 Å². The molecule has 14 heavy (non-hydrogen) atoms. The van der Waals surface area contributed by atoms with Crippen LogP contribution in [0.3, 0.4) is 0 Å². The molecule has 0 amide bonds. The fourth-order valence-corrected chi connectivity index (χ4v) is 3.97. The van der Waals surface area contributed by atoms with Crippen molar-refractivity contribution in [3.8, 4) is 0 Å². The van der Waals surface area contributed by atoms with E-state index in [-0.39, 0.29) is 0 Å². The van der Waals surface area contributed by atoms with E-state index in [4.69, 9.17) is 0 Å². The van der Waals surface area contributed by atoms with Crippen molar-refractivity contribution in [2.24, 2.45) is 23.7 Å². The number of carbonyl (C=O) groups is 1. The van der Waals surface area contributed by atoms with Gasteiger partial charge in [-0.15, -0.1) is 0 Å². The third-order valence-electron chi connectivity index (χ3n) is 4.48. The molecule has 0 spiro atoms. The van der Waals surface area contributed by atoms with E-state index in [2.05, 4.69) is 30.3 Å². The van der Waals surface area contributed by atoms with Gasteiger partial charge in [0.25, 0.3) is 0 Å². The standard InChI is InChI=1S/C13H12O/c14-13-9-6-8-11(12(8)13)10(9)7-4-2-1-3-5-7/h1-5,8-12H,6H2. The second kappa shape index (κ2) is 2.10. The highest BCUT2D eigenvalue weighted by molar-refractivity contribution is 5.94. The minimum absolute atomic E-state index is 0.386. The van der Waals surface area contributed by atoms with Crippen molar-refractivity contribution in [1.29, 1.82) is 0 Å². The van der Waals surface area contributed by atoms with Gasteiger partial charge in [0.1, 0.15) is 5.78 Å². The van der Waals surface area contributed by atoms with Crippen LogP contribution in [-0.4, -0.2) is 5.78 Å². The maximum atomic E-state index is 11.8. The van der Waals surface area contributed by atoms with Crippen molar-refractivity contribution < 1.29 is 4.79 Å². The van der Waals surface area contributed by atoms with Gasteiger partial charge in [0, 0.05) is 11.8 Å². The highest BCUT2D eigenvalue weighted by Crippen LogP contribution is 2.74. The zero-order chi connectivity index (χ0) is 9.28. The highest BCUT2D eigenvalue weighted by atomic mass is 16.1. The summed E-state index contributed by atoms with van der Waals surface area (Å²) in [5, 5.41) is 0. The quantitative estimate of drug-likeness (QED) is 0.654. The third-order valence-corrected chi connectivity index (χ3v) is 4.48. The first-order valence-electron chi connectivity index (χ1n) is 5.46. The lowest BCUT2D eigenvalue weighted by Crippen LogP contribution is -2.09. The molecule has 4 saturated carbocycles. The van der Waals surface area contributed by atoms with Gasteiger partial charge in [0.2, 0.25) is 0 Å². The van der Waals surface area contributed by atoms with E-state index >= 15 is 0 Å². The molecule has 1 heteroatoms. The fourth-order valence-electron chi connectivity index (χ4n) is 3.97. The molecule has 0 radical (unpaired) electrons. The SMILES string of the molecule is O=C1C2CC3C1C3C2c1ccccc1. The fraction of sp³-hybridized carbons (Fsp3) is 0.462. The van der Waals surface area contributed by atoms with Crippen LogP contribution in [0.4, 0.5) is 0 Å². The molecule has 4 aliphatic carbocycles. The summed E-state index contributed by atoms with van der Waals surface area (Å²) in [5.74, 6) is 3.53. The smallest absolute Gasteiger partial charge is 0.140 e. The van der Waals surface area contributed by atoms with Crippen LogP contribution in [0, 0.1) is 23.7 Å². The maximum absolute atomic E-state index is 11.8. The Morgan fingerprint density at radius 2 is 1.86 bits per heavy atom. The number of hydrogen-bond donors (Lipinski definition) is 0. The van der Waals surface area contributed by atoms with Gasteiger partial charge in [-0.05, 0) is 29.7 Å². The lowest BCUT2D eigenvalue weighted by Gasteiger charge is -2.13. The van der Waals surface area contributed by atoms with Crippen molar-refractivity contribution in [2.45, 2.75) is 12.3 Å². The Morgan fingerprint density at radius 1 is 1.07 bits per heavy atom. The van der Waals surface area contributed by atoms with Gasteiger partial charge in [-0.25, -0.2) is 0 Å². The van der Waals surface area contributed by atoms with Crippen molar-refractivity contribution in [1.82, 2.24) is 0 Å². The summed E-state index contributed by atoms with van der Waals surface area (Å²) in [4.78, 5) is 11.8. The molecule has 5 rings (SSSR count). The van der Waals surface area contributed by atoms with Crippen LogP contribution in [0.2, 0.25) is 0 Å². The molecule has 70 valence electrons. The number of rotatable bonds is 1. The van der Waals surface area contributed by atoms with Crippen LogP contribution >= 0.6 is 0 Å². The predicted molar refractivity (Wildman–Crippen MR) is 52.8 cm³/mol. The molecular weight excluding hydrogens is 172 g/mol. The molecule has 0 heterocycles. The number of Topliss-reactive ketones (excluding diaryl/α,β-unsaturated/α-hetero) is 1. The molecule has 1 nitrogen and oxygen atoms in total. The minimum atomic E-state index is 0.386. The van der Waals surface area contributed by atoms with Gasteiger partial charge >= 0.3 is 0 Å². The second-order valence-corrected chi connectivity index (χ2v) is 4.95. The van der Waals surface area contributed by atoms with Gasteiger partial charge < -0.3 is 0 Å². The molecule has 1 aromatic carbocycles. The van der Waals surface area contributed by atoms with E-state index in [1.54, 1.807) is 0 Å². The Bertz CT molecular complexity index is 409. The topological polar surface area (TPSA) is 17.1 Å². The average molecular weight is 184 g/mol. The lowest BCUT2D eigenvalue weighted by atomic mass is 9.90. The summed E-state index contributed by atoms with van der Waals surface area (Å²) < 4.78 is 0. The highest BCUT2D eigenvalue weighted by Gasteiger charge is 2.73. The monoisotopic (exact) mass is 184 g/mol. The summed E-state index contributed by atoms with van der Waals surface area (Å²) >= 11 is 0. The number of ketones is 1. The van der Waals surface area contributed by atoms with Crippen LogP contribution in [0.15, 0.2) is 30.3 Å². The molecule has 4 fully saturated rings. The molecule has 4 aliphatic rings. The summed E-state index contributed by atoms with van der Waals surface area (Å²) in [7, 11) is 0. The minimum Gasteiger partial charge on any atom is -0.299 e. The molecule has 4 bridgehead atoms. The summed E-state index contributed by atoms with van der Waals surface area (Å²) in [6, 6.07) is 10.6. The van der Waals surface area contributed by atoms with E-state index < -0.39 is 0 Å². The van der Waals surface area contributed by atoms with Gasteiger partial charge in [0.15, 0.2) is 0 Å². The van der Waals surface area contributed by atoms with E-state index in [0.717, 1.165) is 11.8 Å². The van der Waals surface area contributed by atoms with Crippen LogP contribution in [0.5, 0.6) is 0 Å². The molecule has 0 N–H and O–H groups in total. The van der Waals surface area contributed by atoms with Gasteiger partial charge in [0.05, 0.1) is 0 Å². The first-order chi connectivity index (χ1) is 6.88. The molecule has 0 aliphatic heterocycles. The van der Waals surface area contributed by atoms with Gasteiger partial charge in [-0.1, -0.05) is 30.3 Å². The Morgan fingerprint density at radius 3 is 2.36 bits per heavy atom. The molecule has 0 aromatic heterocycles. The average Bonchev–Trinajstić information content (AvgIpc) is 2.55. The van der Waals surface area contributed by atoms with E-state index in [1.807, 2.05) is 0 Å². The first-order valence-corrected chi connectivity index (χ1v) is 5.46. The van der Waals surface area contributed by atoms with Crippen LogP contribution in [0.1, 0.15) is 17.9 Å². The summed E-state index contributed by atoms with van der Waals surface area (Å²) in [5.41, 5.74) is 1.40. The number of carbonyl (C=O) groups excluding carboxylic acids is 1. The zero-order valence-electron chi connectivity index (χ0n) is 7.89. The third kappa shape index (κ3) is 0.637. The van der Waals surface area contributed by atoms with E-state index in [0.29, 0.717) is 23.5 Å². The zero-order valence-corrected chi connectivity index (χ0v) is 7.89. The Balaban J connectivity index is 1.80. The lowest BCUT2D eigenvalue weighted by molar-refractivity contribution is -0.121. The van der Waals surface area contributed by atoms with Crippen molar-refractivity contribution in [2.75, 3.05) is 0 Å². The largest absolute Gasteiger partial charge is 0.299 e. The first kappa shape index (κ1) is 7.22. The number of benzene rings is 1. The second-order valence-electron chi connectivity index (χ2n) is 4.95. The van der Waals surface area contributed by atoms with E-state index in [9.17, 15) is 4.79 Å². The van der Waals surface area contributed by atoms with Crippen molar-refractivity contribution in [3.05, 3.63) is 35.9 Å². The normalized spacial score (nSPS) is 47.1. The van der Waals surface area contributed by atoms with Crippen molar-refractivity contribution >= 4 is 5.78 Å². The molecular formula is C13H12O. The Labute approximate surface area is 83.1 Å². The molecule has 5 atom stereocenters. The molecule has 5 unspecified atom stereocenters. The summed E-state index contributed by atoms with van der Waals surface area (Å²) in [6.07, 6.45) is 1.19. The molecule has 1 aromatic rings. The summed E-state index contributed by atoms with van der Waals surface area (Å²) in [6.45, 7) is 0. The maximum Gasteiger partial charge on any atom is 0.140 e. The number of hydrogen-bond acceptors (Lipinski definition) is 1. The Kier molecular flexibility index (Phi) is 1.08. The van der Waals surface area contributed by atoms with Crippen LogP contribution in [-0.2, 0) is 4.79 Å². The van der Waals surface area contributed by atoms with Crippen LogP contribution < -0.4 is 0 Å². The van der Waals surface area contributed by atoms with Crippen molar-refractivity contribution in [3.63, 3.8) is 0 Å². The predicted octanol–water partition coefficient (Wildman–Crippen LogP) is 2.24. The Hall–Kier alpha value is -1.11. The van der Waals surface area contributed by atoms with Gasteiger partial charge in [-0.3, -0.25) is 4.79 Å². The molecule has 0 saturated heterocycles. The van der Waals surface area contributed by atoms with E-state index in [1.165, 1.54) is 12.0 Å². The van der Waals surface area contributed by atoms with Crippen LogP contribution in [0.25, 0.3) is 0 Å².